The molecule has 1 atom stereocenters. The second-order valence-corrected chi connectivity index (χ2v) is 6.23. The fraction of sp³-hybridized carbons (Fsp3) is 0.647. The van der Waals surface area contributed by atoms with Crippen molar-refractivity contribution in [2.75, 3.05) is 26.2 Å². The van der Waals surface area contributed by atoms with E-state index in [0.717, 1.165) is 31.7 Å². The molecule has 0 aromatic heterocycles. The fourth-order valence-electron chi connectivity index (χ4n) is 3.89. The number of hydrogen-bond acceptors (Lipinski definition) is 3. The molecule has 0 radical (unpaired) electrons. The molecule has 122 valence electrons. The predicted molar refractivity (Wildman–Crippen MR) is 82.2 cm³/mol. The Morgan fingerprint density at radius 1 is 1.14 bits per heavy atom. The summed E-state index contributed by atoms with van der Waals surface area (Å²) < 4.78 is 29.5. The zero-order chi connectivity index (χ0) is 15.4. The van der Waals surface area contributed by atoms with E-state index in [1.54, 1.807) is 12.1 Å². The van der Waals surface area contributed by atoms with Crippen LogP contribution < -0.4 is 10.1 Å². The molecule has 5 heteroatoms. The molecule has 0 unspecified atom stereocenters. The van der Waals surface area contributed by atoms with Gasteiger partial charge >= 0.3 is 6.61 Å². The molecule has 22 heavy (non-hydrogen) atoms. The lowest BCUT2D eigenvalue weighted by Crippen LogP contribution is -2.46. The number of halogens is 2. The summed E-state index contributed by atoms with van der Waals surface area (Å²) in [6.45, 7) is 1.26. The minimum Gasteiger partial charge on any atom is -0.435 e. The molecule has 1 aliphatic carbocycles. The molecule has 1 aromatic carbocycles. The van der Waals surface area contributed by atoms with Crippen LogP contribution in [-0.2, 0) is 0 Å². The molecular weight excluding hydrogens is 286 g/mol. The van der Waals surface area contributed by atoms with Crippen LogP contribution >= 0.6 is 0 Å². The molecule has 1 aliphatic heterocycles. The van der Waals surface area contributed by atoms with Gasteiger partial charge in [-0.05, 0) is 36.5 Å². The zero-order valence-electron chi connectivity index (χ0n) is 12.8. The highest BCUT2D eigenvalue weighted by atomic mass is 19.3. The van der Waals surface area contributed by atoms with E-state index in [2.05, 4.69) is 21.0 Å². The smallest absolute Gasteiger partial charge is 0.387 e. The van der Waals surface area contributed by atoms with E-state index >= 15 is 0 Å². The van der Waals surface area contributed by atoms with Crippen molar-refractivity contribution in [3.8, 4) is 5.75 Å². The monoisotopic (exact) mass is 310 g/mol. The maximum absolute atomic E-state index is 12.5. The Morgan fingerprint density at radius 2 is 1.86 bits per heavy atom. The van der Waals surface area contributed by atoms with Crippen LogP contribution in [0.5, 0.6) is 5.75 Å². The summed E-state index contributed by atoms with van der Waals surface area (Å²) in [5.74, 6) is 0.894. The van der Waals surface area contributed by atoms with E-state index in [-0.39, 0.29) is 5.75 Å². The third-order valence-electron chi connectivity index (χ3n) is 4.82. The highest BCUT2D eigenvalue weighted by Crippen LogP contribution is 2.40. The van der Waals surface area contributed by atoms with E-state index in [1.165, 1.54) is 25.7 Å². The van der Waals surface area contributed by atoms with E-state index in [1.807, 2.05) is 6.07 Å². The number of rotatable bonds is 5. The molecule has 1 aromatic rings. The lowest BCUT2D eigenvalue weighted by molar-refractivity contribution is -0.0499. The number of piperazine rings is 1. The molecule has 2 fully saturated rings. The van der Waals surface area contributed by atoms with Crippen molar-refractivity contribution < 1.29 is 13.5 Å². The molecule has 1 saturated carbocycles. The normalized spacial score (nSPS) is 22.1. The topological polar surface area (TPSA) is 24.5 Å². The quantitative estimate of drug-likeness (QED) is 0.902. The van der Waals surface area contributed by atoms with Gasteiger partial charge in [-0.3, -0.25) is 4.90 Å². The Balaban J connectivity index is 1.83. The number of hydrogen-bond donors (Lipinski definition) is 1. The SMILES string of the molecule is FC(F)Oc1cccc([C@H](C2CCCC2)N2CCNCC2)c1. The van der Waals surface area contributed by atoms with Gasteiger partial charge in [-0.2, -0.15) is 8.78 Å². The highest BCUT2D eigenvalue weighted by molar-refractivity contribution is 5.31. The van der Waals surface area contributed by atoms with Gasteiger partial charge in [0.25, 0.3) is 0 Å². The largest absolute Gasteiger partial charge is 0.435 e. The molecular formula is C17H24F2N2O. The van der Waals surface area contributed by atoms with Gasteiger partial charge in [0, 0.05) is 32.2 Å². The average Bonchev–Trinajstić information content (AvgIpc) is 3.02. The van der Waals surface area contributed by atoms with Gasteiger partial charge in [0.2, 0.25) is 0 Å². The Kier molecular flexibility index (Phi) is 5.26. The van der Waals surface area contributed by atoms with Crippen molar-refractivity contribution >= 4 is 0 Å². The first-order chi connectivity index (χ1) is 10.7. The number of ether oxygens (including phenoxy) is 1. The number of alkyl halides is 2. The number of benzene rings is 1. The summed E-state index contributed by atoms with van der Waals surface area (Å²) in [5.41, 5.74) is 1.12. The average molecular weight is 310 g/mol. The Labute approximate surface area is 130 Å². The molecule has 3 nitrogen and oxygen atoms in total. The van der Waals surface area contributed by atoms with Gasteiger partial charge in [-0.1, -0.05) is 25.0 Å². The van der Waals surface area contributed by atoms with Crippen molar-refractivity contribution in [1.82, 2.24) is 10.2 Å². The lowest BCUT2D eigenvalue weighted by atomic mass is 9.89. The van der Waals surface area contributed by atoms with Crippen molar-refractivity contribution in [1.29, 1.82) is 0 Å². The molecule has 1 heterocycles. The van der Waals surface area contributed by atoms with Gasteiger partial charge in [0.15, 0.2) is 0 Å². The molecule has 0 spiro atoms. The third-order valence-corrected chi connectivity index (χ3v) is 4.82. The van der Waals surface area contributed by atoms with Crippen molar-refractivity contribution in [3.63, 3.8) is 0 Å². The minimum absolute atomic E-state index is 0.269. The van der Waals surface area contributed by atoms with Crippen LogP contribution in [0.4, 0.5) is 8.78 Å². The Bertz CT molecular complexity index is 471. The molecule has 1 N–H and O–H groups in total. The zero-order valence-corrected chi connectivity index (χ0v) is 12.8. The summed E-state index contributed by atoms with van der Waals surface area (Å²) in [6.07, 6.45) is 5.02. The summed E-state index contributed by atoms with van der Waals surface area (Å²) in [6, 6.07) is 7.63. The van der Waals surface area contributed by atoms with Gasteiger partial charge in [0.1, 0.15) is 5.75 Å². The third kappa shape index (κ3) is 3.76. The fourth-order valence-corrected chi connectivity index (χ4v) is 3.89. The lowest BCUT2D eigenvalue weighted by Gasteiger charge is -2.38. The maximum atomic E-state index is 12.5. The Hall–Kier alpha value is -1.20. The van der Waals surface area contributed by atoms with E-state index < -0.39 is 6.61 Å². The standard InChI is InChI=1S/C17H24F2N2O/c18-17(19)22-15-7-3-6-14(12-15)16(13-4-1-2-5-13)21-10-8-20-9-11-21/h3,6-7,12-13,16-17,20H,1-2,4-5,8-11H2/t16-/m0/s1. The van der Waals surface area contributed by atoms with Crippen molar-refractivity contribution in [2.45, 2.75) is 38.3 Å². The van der Waals surface area contributed by atoms with E-state index in [9.17, 15) is 8.78 Å². The van der Waals surface area contributed by atoms with Crippen LogP contribution in [0.1, 0.15) is 37.3 Å². The van der Waals surface area contributed by atoms with Crippen LogP contribution in [0.25, 0.3) is 0 Å². The first-order valence-electron chi connectivity index (χ1n) is 8.23. The predicted octanol–water partition coefficient (Wildman–Crippen LogP) is 3.42. The summed E-state index contributed by atoms with van der Waals surface area (Å²) in [7, 11) is 0. The molecule has 1 saturated heterocycles. The summed E-state index contributed by atoms with van der Waals surface area (Å²) in [5, 5.41) is 3.38. The first-order valence-corrected chi connectivity index (χ1v) is 8.23. The summed E-state index contributed by atoms with van der Waals surface area (Å²) >= 11 is 0. The minimum atomic E-state index is -2.76. The van der Waals surface area contributed by atoms with Crippen LogP contribution in [-0.4, -0.2) is 37.7 Å². The van der Waals surface area contributed by atoms with Crippen LogP contribution in [0.3, 0.4) is 0 Å². The molecule has 0 bridgehead atoms. The second-order valence-electron chi connectivity index (χ2n) is 6.23. The van der Waals surface area contributed by atoms with Crippen LogP contribution in [0.15, 0.2) is 24.3 Å². The first kappa shape index (κ1) is 15.7. The van der Waals surface area contributed by atoms with Gasteiger partial charge in [0.05, 0.1) is 0 Å². The second kappa shape index (κ2) is 7.38. The van der Waals surface area contributed by atoms with Gasteiger partial charge < -0.3 is 10.1 Å². The highest BCUT2D eigenvalue weighted by Gasteiger charge is 2.32. The van der Waals surface area contributed by atoms with E-state index in [4.69, 9.17) is 0 Å². The summed E-state index contributed by atoms with van der Waals surface area (Å²) in [4.78, 5) is 2.51. The molecule has 3 rings (SSSR count). The molecule has 2 aliphatic rings. The van der Waals surface area contributed by atoms with Crippen LogP contribution in [0, 0.1) is 5.92 Å². The van der Waals surface area contributed by atoms with E-state index in [0.29, 0.717) is 12.0 Å². The molecule has 0 amide bonds. The van der Waals surface area contributed by atoms with Crippen molar-refractivity contribution in [3.05, 3.63) is 29.8 Å². The number of nitrogens with one attached hydrogen (secondary N) is 1. The maximum Gasteiger partial charge on any atom is 0.387 e. The number of nitrogens with zero attached hydrogens (tertiary/aromatic N) is 1. The van der Waals surface area contributed by atoms with Crippen LogP contribution in [0.2, 0.25) is 0 Å². The van der Waals surface area contributed by atoms with Gasteiger partial charge in [-0.25, -0.2) is 0 Å². The Morgan fingerprint density at radius 3 is 2.55 bits per heavy atom. The van der Waals surface area contributed by atoms with Crippen molar-refractivity contribution in [2.24, 2.45) is 5.92 Å². The van der Waals surface area contributed by atoms with Gasteiger partial charge in [-0.15, -0.1) is 0 Å².